The van der Waals surface area contributed by atoms with Gasteiger partial charge in [0.15, 0.2) is 6.20 Å². The van der Waals surface area contributed by atoms with Gasteiger partial charge < -0.3 is 10.5 Å². The standard InChI is InChI=1S/C16H17N3O2/c20-16(15-7-3-4-10-19(15)21)18-11-12-8-9-17-14-6-2-1-5-13(12)14/h3-4,7-10H,1-2,5-6,11H2,(H,18,20). The zero-order chi connectivity index (χ0) is 14.7. The van der Waals surface area contributed by atoms with Crippen molar-refractivity contribution in [3.05, 3.63) is 64.4 Å². The number of nitrogens with one attached hydrogen (secondary N) is 1. The van der Waals surface area contributed by atoms with Crippen molar-refractivity contribution in [1.29, 1.82) is 0 Å². The normalized spacial score (nSPS) is 13.5. The van der Waals surface area contributed by atoms with Crippen LogP contribution in [-0.4, -0.2) is 10.9 Å². The summed E-state index contributed by atoms with van der Waals surface area (Å²) in [6.07, 6.45) is 7.48. The number of nitrogens with zero attached hydrogens (tertiary/aromatic N) is 2. The third-order valence-corrected chi connectivity index (χ3v) is 3.83. The number of carbonyl (C=O) groups excluding carboxylic acids is 1. The zero-order valence-electron chi connectivity index (χ0n) is 11.7. The van der Waals surface area contributed by atoms with Gasteiger partial charge in [0.25, 0.3) is 5.69 Å². The molecular formula is C16H17N3O2. The first-order valence-electron chi connectivity index (χ1n) is 7.18. The number of fused-ring (bicyclic) bond motifs is 1. The average molecular weight is 283 g/mol. The molecule has 0 spiro atoms. The maximum absolute atomic E-state index is 12.1. The number of amides is 1. The Bertz CT molecular complexity index is 670. The summed E-state index contributed by atoms with van der Waals surface area (Å²) in [6.45, 7) is 0.429. The van der Waals surface area contributed by atoms with Crippen molar-refractivity contribution in [2.24, 2.45) is 0 Å². The first kappa shape index (κ1) is 13.5. The lowest BCUT2D eigenvalue weighted by atomic mass is 9.92. The molecule has 2 aromatic rings. The minimum atomic E-state index is -0.355. The molecule has 0 fully saturated rings. The Morgan fingerprint density at radius 3 is 3.00 bits per heavy atom. The molecule has 0 aliphatic heterocycles. The maximum Gasteiger partial charge on any atom is 0.317 e. The van der Waals surface area contributed by atoms with Gasteiger partial charge in [0.1, 0.15) is 0 Å². The van der Waals surface area contributed by atoms with E-state index in [9.17, 15) is 10.0 Å². The first-order valence-corrected chi connectivity index (χ1v) is 7.18. The average Bonchev–Trinajstić information content (AvgIpc) is 2.53. The van der Waals surface area contributed by atoms with Gasteiger partial charge in [0, 0.05) is 30.6 Å². The second-order valence-corrected chi connectivity index (χ2v) is 5.20. The minimum absolute atomic E-state index is 0.112. The van der Waals surface area contributed by atoms with Gasteiger partial charge in [-0.3, -0.25) is 9.78 Å². The number of hydrogen-bond donors (Lipinski definition) is 1. The van der Waals surface area contributed by atoms with Crippen LogP contribution in [0.3, 0.4) is 0 Å². The second-order valence-electron chi connectivity index (χ2n) is 5.20. The molecule has 5 nitrogen and oxygen atoms in total. The van der Waals surface area contributed by atoms with Crippen molar-refractivity contribution >= 4 is 5.91 Å². The van der Waals surface area contributed by atoms with E-state index in [0.29, 0.717) is 11.3 Å². The molecule has 0 saturated carbocycles. The van der Waals surface area contributed by atoms with Gasteiger partial charge in [0.05, 0.1) is 0 Å². The number of aryl methyl sites for hydroxylation is 1. The van der Waals surface area contributed by atoms with Crippen LogP contribution in [0.15, 0.2) is 36.7 Å². The number of pyridine rings is 2. The second kappa shape index (κ2) is 5.91. The van der Waals surface area contributed by atoms with E-state index in [1.165, 1.54) is 30.7 Å². The first-order chi connectivity index (χ1) is 10.3. The SMILES string of the molecule is O=C(NCc1ccnc2c1CCCC2)c1cccc[n+]1[O-]. The van der Waals surface area contributed by atoms with Gasteiger partial charge in [0.2, 0.25) is 0 Å². The van der Waals surface area contributed by atoms with Crippen LogP contribution in [0.2, 0.25) is 0 Å². The van der Waals surface area contributed by atoms with Gasteiger partial charge >= 0.3 is 5.91 Å². The smallest absolute Gasteiger partial charge is 0.317 e. The Kier molecular flexibility index (Phi) is 3.81. The third kappa shape index (κ3) is 2.86. The molecule has 0 unspecified atom stereocenters. The number of aromatic nitrogens is 2. The van der Waals surface area contributed by atoms with E-state index in [1.54, 1.807) is 18.3 Å². The Labute approximate surface area is 123 Å². The van der Waals surface area contributed by atoms with E-state index < -0.39 is 0 Å². The lowest BCUT2D eigenvalue weighted by Crippen LogP contribution is -2.39. The van der Waals surface area contributed by atoms with E-state index in [1.807, 2.05) is 6.07 Å². The highest BCUT2D eigenvalue weighted by atomic mass is 16.5. The fraction of sp³-hybridized carbons (Fsp3) is 0.312. The number of carbonyl (C=O) groups is 1. The van der Waals surface area contributed by atoms with Crippen molar-refractivity contribution in [3.63, 3.8) is 0 Å². The van der Waals surface area contributed by atoms with Crippen LogP contribution in [-0.2, 0) is 19.4 Å². The molecule has 1 amide bonds. The largest absolute Gasteiger partial charge is 0.618 e. The van der Waals surface area contributed by atoms with Crippen LogP contribution in [0.5, 0.6) is 0 Å². The Morgan fingerprint density at radius 2 is 2.14 bits per heavy atom. The molecule has 2 aromatic heterocycles. The molecule has 1 aliphatic rings. The molecule has 1 N–H and O–H groups in total. The van der Waals surface area contributed by atoms with E-state index in [0.717, 1.165) is 24.1 Å². The maximum atomic E-state index is 12.1. The highest BCUT2D eigenvalue weighted by Gasteiger charge is 2.17. The number of rotatable bonds is 3. The van der Waals surface area contributed by atoms with Crippen molar-refractivity contribution < 1.29 is 9.52 Å². The zero-order valence-corrected chi connectivity index (χ0v) is 11.7. The van der Waals surface area contributed by atoms with Crippen molar-refractivity contribution in [2.45, 2.75) is 32.2 Å². The number of hydrogen-bond acceptors (Lipinski definition) is 3. The summed E-state index contributed by atoms with van der Waals surface area (Å²) in [5, 5.41) is 14.4. The van der Waals surface area contributed by atoms with Crippen molar-refractivity contribution in [2.75, 3.05) is 0 Å². The highest BCUT2D eigenvalue weighted by Crippen LogP contribution is 2.22. The fourth-order valence-electron chi connectivity index (χ4n) is 2.73. The van der Waals surface area contributed by atoms with Gasteiger partial charge in [-0.25, -0.2) is 0 Å². The molecular weight excluding hydrogens is 266 g/mol. The van der Waals surface area contributed by atoms with Crippen LogP contribution in [0.25, 0.3) is 0 Å². The predicted octanol–water partition coefficient (Wildman–Crippen LogP) is 1.52. The summed E-state index contributed by atoms with van der Waals surface area (Å²) in [6, 6.07) is 6.74. The molecule has 0 atom stereocenters. The lowest BCUT2D eigenvalue weighted by molar-refractivity contribution is -0.607. The van der Waals surface area contributed by atoms with Gasteiger partial charge in [-0.2, -0.15) is 4.73 Å². The van der Waals surface area contributed by atoms with E-state index in [4.69, 9.17) is 0 Å². The molecule has 0 aromatic carbocycles. The quantitative estimate of drug-likeness (QED) is 0.686. The van der Waals surface area contributed by atoms with Gasteiger partial charge in [-0.1, -0.05) is 0 Å². The third-order valence-electron chi connectivity index (χ3n) is 3.83. The van der Waals surface area contributed by atoms with Gasteiger partial charge in [-0.05, 0) is 48.9 Å². The summed E-state index contributed by atoms with van der Waals surface area (Å²) in [5.74, 6) is -0.355. The summed E-state index contributed by atoms with van der Waals surface area (Å²) in [4.78, 5) is 16.5. The highest BCUT2D eigenvalue weighted by molar-refractivity contribution is 5.90. The topological polar surface area (TPSA) is 68.9 Å². The van der Waals surface area contributed by atoms with Gasteiger partial charge in [-0.15, -0.1) is 0 Å². The van der Waals surface area contributed by atoms with Crippen LogP contribution < -0.4 is 10.0 Å². The molecule has 2 heterocycles. The minimum Gasteiger partial charge on any atom is -0.618 e. The van der Waals surface area contributed by atoms with E-state index in [2.05, 4.69) is 10.3 Å². The van der Waals surface area contributed by atoms with Crippen LogP contribution in [0, 0.1) is 5.21 Å². The van der Waals surface area contributed by atoms with Crippen LogP contribution in [0.4, 0.5) is 0 Å². The lowest BCUT2D eigenvalue weighted by Gasteiger charge is -2.18. The molecule has 21 heavy (non-hydrogen) atoms. The predicted molar refractivity (Wildman–Crippen MR) is 77.5 cm³/mol. The molecule has 0 radical (unpaired) electrons. The Hall–Kier alpha value is -2.43. The fourth-order valence-corrected chi connectivity index (χ4v) is 2.73. The summed E-state index contributed by atoms with van der Waals surface area (Å²) in [5.41, 5.74) is 3.61. The van der Waals surface area contributed by atoms with Crippen LogP contribution in [0.1, 0.15) is 40.2 Å². The summed E-state index contributed by atoms with van der Waals surface area (Å²) in [7, 11) is 0. The molecule has 0 bridgehead atoms. The Morgan fingerprint density at radius 1 is 1.29 bits per heavy atom. The molecule has 0 saturated heterocycles. The summed E-state index contributed by atoms with van der Waals surface area (Å²) < 4.78 is 0.581. The van der Waals surface area contributed by atoms with Crippen molar-refractivity contribution in [3.8, 4) is 0 Å². The molecule has 1 aliphatic carbocycles. The van der Waals surface area contributed by atoms with E-state index >= 15 is 0 Å². The monoisotopic (exact) mass is 283 g/mol. The summed E-state index contributed by atoms with van der Waals surface area (Å²) >= 11 is 0. The molecule has 3 rings (SSSR count). The van der Waals surface area contributed by atoms with Crippen LogP contribution >= 0.6 is 0 Å². The van der Waals surface area contributed by atoms with Crippen molar-refractivity contribution in [1.82, 2.24) is 10.3 Å². The Balaban J connectivity index is 1.74. The molecule has 108 valence electrons. The van der Waals surface area contributed by atoms with E-state index in [-0.39, 0.29) is 11.6 Å². The molecule has 5 heteroatoms.